The number of phosphoric ester groups is 1. The summed E-state index contributed by atoms with van der Waals surface area (Å²) in [5, 5.41) is 14.0. The summed E-state index contributed by atoms with van der Waals surface area (Å²) in [5.74, 6) is -0.182. The fourth-order valence-electron chi connectivity index (χ4n) is 8.64. The van der Waals surface area contributed by atoms with E-state index in [0.717, 1.165) is 57.8 Å². The number of nitrogens with zero attached hydrogens (tertiary/aromatic N) is 1. The van der Waals surface area contributed by atoms with Crippen LogP contribution in [0.2, 0.25) is 0 Å². The average Bonchev–Trinajstić information content (AvgIpc) is 3.31. The summed E-state index contributed by atoms with van der Waals surface area (Å²) in [6.07, 6.45) is 67.8. The SMILES string of the molecule is CCCCCCC/C=C\C/C=C\C/C=C\CCCCCCCCCCC(=O)NC(COP(=O)(O)OCC[N+](C)(C)C)C(O)/C=C/CCCCCCCCCCCCCCCCCCCCCCCC. The van der Waals surface area contributed by atoms with E-state index in [-0.39, 0.29) is 19.1 Å². The maximum Gasteiger partial charge on any atom is 0.472 e. The maximum atomic E-state index is 13.0. The Morgan fingerprint density at radius 2 is 0.826 bits per heavy atom. The Morgan fingerprint density at radius 1 is 0.493 bits per heavy atom. The molecule has 0 fully saturated rings. The number of amides is 1. The van der Waals surface area contributed by atoms with Crippen LogP contribution in [0.1, 0.15) is 277 Å². The third kappa shape index (κ3) is 54.1. The highest BCUT2D eigenvalue weighted by Gasteiger charge is 2.27. The largest absolute Gasteiger partial charge is 0.472 e. The van der Waals surface area contributed by atoms with Crippen molar-refractivity contribution >= 4 is 13.7 Å². The third-order valence-electron chi connectivity index (χ3n) is 13.3. The van der Waals surface area contributed by atoms with Crippen LogP contribution in [0.15, 0.2) is 48.6 Å². The number of hydrogen-bond donors (Lipinski definition) is 3. The Balaban J connectivity index is 4.23. The van der Waals surface area contributed by atoms with Crippen LogP contribution in [-0.2, 0) is 18.4 Å². The Kier molecular flexibility index (Phi) is 50.2. The van der Waals surface area contributed by atoms with Crippen molar-refractivity contribution < 1.29 is 32.9 Å². The highest BCUT2D eigenvalue weighted by Crippen LogP contribution is 2.43. The zero-order chi connectivity index (χ0) is 50.6. The molecule has 3 unspecified atom stereocenters. The molecule has 9 heteroatoms. The zero-order valence-corrected chi connectivity index (χ0v) is 47.2. The normalized spacial score (nSPS) is 14.2. The number of aliphatic hydroxyl groups is 1. The second-order valence-electron chi connectivity index (χ2n) is 21.4. The van der Waals surface area contributed by atoms with Crippen molar-refractivity contribution in [2.75, 3.05) is 40.9 Å². The molecular formula is C60H116N2O6P+. The molecule has 0 aromatic carbocycles. The van der Waals surface area contributed by atoms with Crippen molar-refractivity contribution in [3.8, 4) is 0 Å². The van der Waals surface area contributed by atoms with Gasteiger partial charge < -0.3 is 19.8 Å². The van der Waals surface area contributed by atoms with Crippen molar-refractivity contribution in [2.24, 2.45) is 0 Å². The Morgan fingerprint density at radius 3 is 1.20 bits per heavy atom. The number of unbranched alkanes of at least 4 members (excludes halogenated alkanes) is 35. The van der Waals surface area contributed by atoms with Crippen LogP contribution in [0.3, 0.4) is 0 Å². The Labute approximate surface area is 429 Å². The number of likely N-dealkylation sites (N-methyl/N-ethyl adjacent to an activating group) is 1. The van der Waals surface area contributed by atoms with Gasteiger partial charge in [0.05, 0.1) is 39.9 Å². The standard InChI is InChI=1S/C60H115N2O6P/c1-6-8-10-12-14-16-18-20-22-24-26-28-30-32-33-35-37-39-41-43-45-47-49-51-53-59(63)58(57-68-69(65,66)67-56-55-62(3,4)5)61-60(64)54-52-50-48-46-44-42-40-38-36-34-31-29-27-25-23-21-19-17-15-13-11-9-7-2/h19,21,25,27,31,34,51,53,58-59,63H,6-18,20,22-24,26,28-30,32-33,35-50,52,54-57H2,1-5H3,(H-,61,64,65,66)/p+1/b21-19-,27-25-,34-31-,53-51+. The van der Waals surface area contributed by atoms with Crippen molar-refractivity contribution in [1.82, 2.24) is 5.32 Å². The summed E-state index contributed by atoms with van der Waals surface area (Å²) < 4.78 is 23.7. The first-order valence-electron chi connectivity index (χ1n) is 29.5. The van der Waals surface area contributed by atoms with E-state index in [0.29, 0.717) is 17.4 Å². The van der Waals surface area contributed by atoms with Crippen molar-refractivity contribution in [3.63, 3.8) is 0 Å². The minimum atomic E-state index is -4.35. The van der Waals surface area contributed by atoms with Gasteiger partial charge in [-0.05, 0) is 57.8 Å². The van der Waals surface area contributed by atoms with Gasteiger partial charge in [-0.15, -0.1) is 0 Å². The zero-order valence-electron chi connectivity index (χ0n) is 46.3. The summed E-state index contributed by atoms with van der Waals surface area (Å²) in [6, 6.07) is -0.853. The first-order valence-corrected chi connectivity index (χ1v) is 31.0. The van der Waals surface area contributed by atoms with Gasteiger partial charge in [0.1, 0.15) is 13.2 Å². The summed E-state index contributed by atoms with van der Waals surface area (Å²) in [5.41, 5.74) is 0. The molecule has 69 heavy (non-hydrogen) atoms. The van der Waals surface area contributed by atoms with Crippen molar-refractivity contribution in [3.05, 3.63) is 48.6 Å². The van der Waals surface area contributed by atoms with Gasteiger partial charge in [0.15, 0.2) is 0 Å². The monoisotopic (exact) mass is 992 g/mol. The molecule has 3 atom stereocenters. The lowest BCUT2D eigenvalue weighted by molar-refractivity contribution is -0.870. The van der Waals surface area contributed by atoms with E-state index in [1.165, 1.54) is 199 Å². The highest BCUT2D eigenvalue weighted by molar-refractivity contribution is 7.47. The van der Waals surface area contributed by atoms with Crippen LogP contribution >= 0.6 is 7.82 Å². The van der Waals surface area contributed by atoms with Gasteiger partial charge in [-0.2, -0.15) is 0 Å². The molecule has 0 aliphatic heterocycles. The van der Waals surface area contributed by atoms with Crippen molar-refractivity contribution in [1.29, 1.82) is 0 Å². The van der Waals surface area contributed by atoms with E-state index < -0.39 is 20.0 Å². The molecule has 0 aromatic heterocycles. The average molecular weight is 993 g/mol. The van der Waals surface area contributed by atoms with Crippen LogP contribution in [0.5, 0.6) is 0 Å². The number of hydrogen-bond acceptors (Lipinski definition) is 5. The molecule has 0 heterocycles. The molecule has 0 aliphatic carbocycles. The predicted octanol–water partition coefficient (Wildman–Crippen LogP) is 17.9. The molecule has 0 radical (unpaired) electrons. The molecule has 0 saturated carbocycles. The quantitative estimate of drug-likeness (QED) is 0.0243. The minimum absolute atomic E-state index is 0.0592. The maximum absolute atomic E-state index is 13.0. The number of aliphatic hydroxyl groups excluding tert-OH is 1. The molecule has 0 rings (SSSR count). The fourth-order valence-corrected chi connectivity index (χ4v) is 9.37. The van der Waals surface area contributed by atoms with Crippen LogP contribution in [0.25, 0.3) is 0 Å². The van der Waals surface area contributed by atoms with Gasteiger partial charge in [0, 0.05) is 6.42 Å². The van der Waals surface area contributed by atoms with Crippen LogP contribution in [0.4, 0.5) is 0 Å². The molecule has 0 bridgehead atoms. The van der Waals surface area contributed by atoms with Gasteiger partial charge >= 0.3 is 7.82 Å². The lowest BCUT2D eigenvalue weighted by Gasteiger charge is -2.25. The first-order chi connectivity index (χ1) is 33.5. The second kappa shape index (κ2) is 51.4. The summed E-state index contributed by atoms with van der Waals surface area (Å²) in [4.78, 5) is 23.3. The number of rotatable bonds is 54. The summed E-state index contributed by atoms with van der Waals surface area (Å²) in [7, 11) is 1.57. The number of carbonyl (C=O) groups is 1. The lowest BCUT2D eigenvalue weighted by Crippen LogP contribution is -2.45. The molecule has 0 aromatic rings. The molecule has 0 aliphatic rings. The van der Waals surface area contributed by atoms with Gasteiger partial charge in [-0.3, -0.25) is 13.8 Å². The van der Waals surface area contributed by atoms with Gasteiger partial charge in [0.2, 0.25) is 5.91 Å². The fraction of sp³-hybridized carbons (Fsp3) is 0.850. The number of nitrogens with one attached hydrogen (secondary N) is 1. The minimum Gasteiger partial charge on any atom is -0.387 e. The van der Waals surface area contributed by atoms with Gasteiger partial charge in [-0.1, -0.05) is 262 Å². The summed E-state index contributed by atoms with van der Waals surface area (Å²) >= 11 is 0. The molecule has 0 saturated heterocycles. The van der Waals surface area contributed by atoms with Gasteiger partial charge in [0.25, 0.3) is 0 Å². The number of carbonyl (C=O) groups excluding carboxylic acids is 1. The molecular weight excluding hydrogens is 876 g/mol. The van der Waals surface area contributed by atoms with E-state index in [2.05, 4.69) is 55.6 Å². The summed E-state index contributed by atoms with van der Waals surface area (Å²) in [6.45, 7) is 4.83. The molecule has 1 amide bonds. The van der Waals surface area contributed by atoms with E-state index >= 15 is 0 Å². The van der Waals surface area contributed by atoms with Crippen LogP contribution in [-0.4, -0.2) is 73.4 Å². The Bertz CT molecular complexity index is 1260. The molecule has 8 nitrogen and oxygen atoms in total. The third-order valence-corrected chi connectivity index (χ3v) is 14.3. The predicted molar refractivity (Wildman–Crippen MR) is 300 cm³/mol. The number of phosphoric acid groups is 1. The Hall–Kier alpha value is -1.54. The lowest BCUT2D eigenvalue weighted by atomic mass is 10.0. The highest BCUT2D eigenvalue weighted by atomic mass is 31.2. The first kappa shape index (κ1) is 67.5. The van der Waals surface area contributed by atoms with E-state index in [9.17, 15) is 19.4 Å². The smallest absolute Gasteiger partial charge is 0.387 e. The number of allylic oxidation sites excluding steroid dienone is 7. The number of quaternary nitrogens is 1. The van der Waals surface area contributed by atoms with Gasteiger partial charge in [-0.25, -0.2) is 4.57 Å². The van der Waals surface area contributed by atoms with Crippen molar-refractivity contribution in [2.45, 2.75) is 289 Å². The van der Waals surface area contributed by atoms with E-state index in [1.807, 2.05) is 27.2 Å². The molecule has 406 valence electrons. The molecule has 3 N–H and O–H groups in total. The second-order valence-corrected chi connectivity index (χ2v) is 22.8. The molecule has 0 spiro atoms. The van der Waals surface area contributed by atoms with E-state index in [1.54, 1.807) is 6.08 Å². The van der Waals surface area contributed by atoms with Crippen LogP contribution < -0.4 is 5.32 Å². The topological polar surface area (TPSA) is 105 Å². The van der Waals surface area contributed by atoms with Crippen LogP contribution in [0, 0.1) is 0 Å². The van der Waals surface area contributed by atoms with E-state index in [4.69, 9.17) is 9.05 Å².